The van der Waals surface area contributed by atoms with E-state index in [0.29, 0.717) is 12.5 Å². The van der Waals surface area contributed by atoms with E-state index >= 15 is 0 Å². The first-order valence-corrected chi connectivity index (χ1v) is 8.82. The number of ether oxygens (including phenoxy) is 1. The number of nitrogens with zero attached hydrogens (tertiary/aromatic N) is 2. The van der Waals surface area contributed by atoms with Crippen LogP contribution in [0.25, 0.3) is 0 Å². The highest BCUT2D eigenvalue weighted by molar-refractivity contribution is 5.62. The van der Waals surface area contributed by atoms with Crippen LogP contribution in [-0.4, -0.2) is 16.7 Å². The Hall–Kier alpha value is -3.08. The van der Waals surface area contributed by atoms with Gasteiger partial charge in [0.25, 0.3) is 0 Å². The second-order valence-electron chi connectivity index (χ2n) is 6.47. The number of hydrogen-bond acceptors (Lipinski definition) is 4. The lowest BCUT2D eigenvalue weighted by Gasteiger charge is -2.17. The minimum Gasteiger partial charge on any atom is -0.490 e. The van der Waals surface area contributed by atoms with Gasteiger partial charge in [0.05, 0.1) is 19.9 Å². The Balaban J connectivity index is 1.74. The van der Waals surface area contributed by atoms with Crippen LogP contribution in [0.4, 0.5) is 11.6 Å². The molecule has 0 bridgehead atoms. The molecule has 1 N–H and O–H groups in total. The summed E-state index contributed by atoms with van der Waals surface area (Å²) in [5.74, 6) is 0.768. The molecule has 0 saturated carbocycles. The fourth-order valence-electron chi connectivity index (χ4n) is 3.47. The van der Waals surface area contributed by atoms with Gasteiger partial charge in [-0.3, -0.25) is 4.79 Å². The lowest BCUT2D eigenvalue weighted by molar-refractivity contribution is 0.402. The highest BCUT2D eigenvalue weighted by Crippen LogP contribution is 2.30. The van der Waals surface area contributed by atoms with Crippen molar-refractivity contribution in [2.45, 2.75) is 25.8 Å². The number of nitrogens with one attached hydrogen (secondary N) is 1. The van der Waals surface area contributed by atoms with Crippen LogP contribution in [0.2, 0.25) is 0 Å². The van der Waals surface area contributed by atoms with Crippen LogP contribution in [0.3, 0.4) is 0 Å². The molecule has 26 heavy (non-hydrogen) atoms. The Labute approximate surface area is 152 Å². The summed E-state index contributed by atoms with van der Waals surface area (Å²) >= 11 is 0. The lowest BCUT2D eigenvalue weighted by Crippen LogP contribution is -2.19. The predicted molar refractivity (Wildman–Crippen MR) is 102 cm³/mol. The SMILES string of the molecule is COc1cn(Cc2ccccc2)c(Nc2cccc3c2CCC3)nc1=O. The van der Waals surface area contributed by atoms with Gasteiger partial charge in [-0.05, 0) is 42.0 Å². The lowest BCUT2D eigenvalue weighted by atomic mass is 10.1. The van der Waals surface area contributed by atoms with Gasteiger partial charge in [-0.25, -0.2) is 0 Å². The van der Waals surface area contributed by atoms with Crippen LogP contribution in [0.5, 0.6) is 5.75 Å². The Bertz CT molecular complexity index is 980. The van der Waals surface area contributed by atoms with E-state index in [1.165, 1.54) is 24.7 Å². The maximum atomic E-state index is 12.2. The zero-order chi connectivity index (χ0) is 17.9. The van der Waals surface area contributed by atoms with Crippen LogP contribution in [0, 0.1) is 0 Å². The first-order valence-electron chi connectivity index (χ1n) is 8.82. The van der Waals surface area contributed by atoms with Crippen molar-refractivity contribution >= 4 is 11.6 Å². The molecule has 0 aliphatic heterocycles. The summed E-state index contributed by atoms with van der Waals surface area (Å²) < 4.78 is 7.10. The molecule has 1 heterocycles. The van der Waals surface area contributed by atoms with E-state index in [4.69, 9.17) is 4.74 Å². The van der Waals surface area contributed by atoms with Gasteiger partial charge in [-0.1, -0.05) is 42.5 Å². The van der Waals surface area contributed by atoms with E-state index in [9.17, 15) is 4.79 Å². The second-order valence-corrected chi connectivity index (χ2v) is 6.47. The van der Waals surface area contributed by atoms with E-state index < -0.39 is 0 Å². The number of fused-ring (bicyclic) bond motifs is 1. The molecular formula is C21H21N3O2. The minimum absolute atomic E-state index is 0.241. The molecule has 3 aromatic rings. The van der Waals surface area contributed by atoms with Crippen LogP contribution >= 0.6 is 0 Å². The summed E-state index contributed by atoms with van der Waals surface area (Å²) in [6.07, 6.45) is 5.05. The zero-order valence-electron chi connectivity index (χ0n) is 14.7. The highest BCUT2D eigenvalue weighted by atomic mass is 16.5. The summed E-state index contributed by atoms with van der Waals surface area (Å²) in [5, 5.41) is 3.38. The topological polar surface area (TPSA) is 56.1 Å². The molecule has 0 unspecified atom stereocenters. The molecule has 4 rings (SSSR count). The maximum absolute atomic E-state index is 12.2. The van der Waals surface area contributed by atoms with Crippen molar-refractivity contribution < 1.29 is 4.74 Å². The maximum Gasteiger partial charge on any atom is 0.316 e. The molecule has 2 aromatic carbocycles. The molecule has 1 aromatic heterocycles. The molecule has 1 aliphatic rings. The molecule has 0 saturated heterocycles. The molecule has 0 spiro atoms. The minimum atomic E-state index is -0.369. The highest BCUT2D eigenvalue weighted by Gasteiger charge is 2.16. The van der Waals surface area contributed by atoms with Crippen LogP contribution in [0.1, 0.15) is 23.1 Å². The average molecular weight is 347 g/mol. The molecule has 132 valence electrons. The summed E-state index contributed by atoms with van der Waals surface area (Å²) in [4.78, 5) is 16.4. The number of aryl methyl sites for hydroxylation is 1. The third-order valence-electron chi connectivity index (χ3n) is 4.77. The van der Waals surface area contributed by atoms with Crippen LogP contribution < -0.4 is 15.6 Å². The van der Waals surface area contributed by atoms with Gasteiger partial charge in [0.2, 0.25) is 11.7 Å². The van der Waals surface area contributed by atoms with Gasteiger partial charge < -0.3 is 14.6 Å². The first kappa shape index (κ1) is 16.4. The number of anilines is 2. The van der Waals surface area contributed by atoms with Gasteiger partial charge in [0.1, 0.15) is 0 Å². The fraction of sp³-hybridized carbons (Fsp3) is 0.238. The molecule has 5 heteroatoms. The summed E-state index contributed by atoms with van der Waals surface area (Å²) in [5.41, 5.74) is 4.48. The van der Waals surface area contributed by atoms with Gasteiger partial charge in [0.15, 0.2) is 0 Å². The van der Waals surface area contributed by atoms with E-state index in [1.807, 2.05) is 28.8 Å². The molecule has 0 radical (unpaired) electrons. The van der Waals surface area contributed by atoms with Crippen molar-refractivity contribution in [1.82, 2.24) is 9.55 Å². The van der Waals surface area contributed by atoms with Gasteiger partial charge >= 0.3 is 5.56 Å². The Morgan fingerprint density at radius 3 is 2.77 bits per heavy atom. The molecule has 0 fully saturated rings. The molecule has 0 amide bonds. The van der Waals surface area contributed by atoms with Crippen molar-refractivity contribution in [2.75, 3.05) is 12.4 Å². The zero-order valence-corrected chi connectivity index (χ0v) is 14.7. The van der Waals surface area contributed by atoms with Gasteiger partial charge in [0, 0.05) is 5.69 Å². The summed E-state index contributed by atoms with van der Waals surface area (Å²) in [6, 6.07) is 16.4. The number of methoxy groups -OCH3 is 1. The second kappa shape index (κ2) is 7.04. The smallest absolute Gasteiger partial charge is 0.316 e. The van der Waals surface area contributed by atoms with Crippen molar-refractivity contribution in [3.63, 3.8) is 0 Å². The molecule has 5 nitrogen and oxygen atoms in total. The van der Waals surface area contributed by atoms with Crippen molar-refractivity contribution in [2.24, 2.45) is 0 Å². The Morgan fingerprint density at radius 2 is 1.96 bits per heavy atom. The summed E-state index contributed by atoms with van der Waals surface area (Å²) in [6.45, 7) is 0.599. The first-order chi connectivity index (χ1) is 12.7. The van der Waals surface area contributed by atoms with E-state index in [0.717, 1.165) is 24.1 Å². The number of aromatic nitrogens is 2. The Morgan fingerprint density at radius 1 is 1.12 bits per heavy atom. The fourth-order valence-corrected chi connectivity index (χ4v) is 3.47. The van der Waals surface area contributed by atoms with E-state index in [-0.39, 0.29) is 11.3 Å². The van der Waals surface area contributed by atoms with Gasteiger partial charge in [-0.15, -0.1) is 0 Å². The predicted octanol–water partition coefficient (Wildman–Crippen LogP) is 3.53. The monoisotopic (exact) mass is 347 g/mol. The van der Waals surface area contributed by atoms with Crippen LogP contribution in [0.15, 0.2) is 59.5 Å². The van der Waals surface area contributed by atoms with Crippen molar-refractivity contribution in [1.29, 1.82) is 0 Å². The van der Waals surface area contributed by atoms with E-state index in [2.05, 4.69) is 34.6 Å². The van der Waals surface area contributed by atoms with Crippen LogP contribution in [-0.2, 0) is 19.4 Å². The number of rotatable bonds is 5. The third-order valence-corrected chi connectivity index (χ3v) is 4.77. The number of hydrogen-bond donors (Lipinski definition) is 1. The summed E-state index contributed by atoms with van der Waals surface area (Å²) in [7, 11) is 1.49. The van der Waals surface area contributed by atoms with E-state index in [1.54, 1.807) is 6.20 Å². The molecular weight excluding hydrogens is 326 g/mol. The average Bonchev–Trinajstić information content (AvgIpc) is 3.14. The van der Waals surface area contributed by atoms with Crippen molar-refractivity contribution in [3.05, 3.63) is 81.8 Å². The third kappa shape index (κ3) is 3.20. The number of benzene rings is 2. The Kier molecular flexibility index (Phi) is 4.44. The molecule has 1 aliphatic carbocycles. The van der Waals surface area contributed by atoms with Crippen molar-refractivity contribution in [3.8, 4) is 5.75 Å². The van der Waals surface area contributed by atoms with Gasteiger partial charge in [-0.2, -0.15) is 4.98 Å². The quantitative estimate of drug-likeness (QED) is 0.767. The normalized spacial score (nSPS) is 12.7. The standard InChI is InChI=1S/C21H21N3O2/c1-26-19-14-24(13-15-7-3-2-4-8-15)21(23-20(19)25)22-18-12-6-10-16-9-5-11-17(16)18/h2-4,6-8,10,12,14H,5,9,11,13H2,1H3,(H,22,23,25). The molecule has 0 atom stereocenters. The largest absolute Gasteiger partial charge is 0.490 e.